The fraction of sp³-hybridized carbons (Fsp3) is 0.318. The smallest absolute Gasteiger partial charge is 0.478 e. The molecule has 3 aromatic rings. The van der Waals surface area contributed by atoms with Crippen molar-refractivity contribution in [2.45, 2.75) is 26.1 Å². The first-order chi connectivity index (χ1) is 15.3. The van der Waals surface area contributed by atoms with Crippen molar-refractivity contribution < 1.29 is 31.9 Å². The maximum atomic E-state index is 12.5. The van der Waals surface area contributed by atoms with Gasteiger partial charge in [0.2, 0.25) is 5.90 Å². The quantitative estimate of drug-likeness (QED) is 0.353. The second-order valence-corrected chi connectivity index (χ2v) is 7.19. The molecular formula is C22H22F3N3O4. The van der Waals surface area contributed by atoms with Gasteiger partial charge in [-0.25, -0.2) is 0 Å². The summed E-state index contributed by atoms with van der Waals surface area (Å²) in [7, 11) is 0. The van der Waals surface area contributed by atoms with Crippen LogP contribution in [0.1, 0.15) is 18.4 Å². The Morgan fingerprint density at radius 1 is 1.16 bits per heavy atom. The van der Waals surface area contributed by atoms with Crippen molar-refractivity contribution in [1.29, 1.82) is 10.8 Å². The molecule has 1 fully saturated rings. The van der Waals surface area contributed by atoms with Crippen molar-refractivity contribution in [2.24, 2.45) is 5.92 Å². The van der Waals surface area contributed by atoms with Crippen LogP contribution in [0.2, 0.25) is 0 Å². The zero-order valence-electron chi connectivity index (χ0n) is 17.3. The van der Waals surface area contributed by atoms with Gasteiger partial charge >= 0.3 is 6.36 Å². The monoisotopic (exact) mass is 449 g/mol. The first-order valence-electron chi connectivity index (χ1n) is 9.73. The Bertz CT molecular complexity index is 1090. The van der Waals surface area contributed by atoms with Crippen molar-refractivity contribution >= 4 is 23.6 Å². The molecule has 170 valence electrons. The van der Waals surface area contributed by atoms with E-state index in [0.29, 0.717) is 34.6 Å². The number of hydrogen-bond donors (Lipinski definition) is 2. The lowest BCUT2D eigenvalue weighted by atomic mass is 10.0. The van der Waals surface area contributed by atoms with E-state index < -0.39 is 6.36 Å². The molecule has 1 saturated carbocycles. The number of aromatic nitrogens is 1. The molecule has 0 unspecified atom stereocenters. The third-order valence-corrected chi connectivity index (χ3v) is 4.70. The van der Waals surface area contributed by atoms with Gasteiger partial charge in [0.1, 0.15) is 5.75 Å². The molecule has 10 heteroatoms. The first kappa shape index (κ1) is 23.1. The summed E-state index contributed by atoms with van der Waals surface area (Å²) in [4.78, 5) is 0. The summed E-state index contributed by atoms with van der Waals surface area (Å²) in [6, 6.07) is 9.69. The molecule has 0 spiro atoms. The van der Waals surface area contributed by atoms with Crippen LogP contribution >= 0.6 is 0 Å². The molecule has 1 heterocycles. The molecule has 1 aliphatic rings. The van der Waals surface area contributed by atoms with Crippen LogP contribution in [0, 0.1) is 23.7 Å². The third-order valence-electron chi connectivity index (χ3n) is 4.70. The molecule has 0 saturated heterocycles. The van der Waals surface area contributed by atoms with Crippen molar-refractivity contribution in [3.05, 3.63) is 42.0 Å². The first-order valence-corrected chi connectivity index (χ1v) is 9.73. The summed E-state index contributed by atoms with van der Waals surface area (Å²) < 4.78 is 57.6. The van der Waals surface area contributed by atoms with Crippen molar-refractivity contribution in [3.8, 4) is 22.8 Å². The largest absolute Gasteiger partial charge is 0.573 e. The molecule has 0 amide bonds. The summed E-state index contributed by atoms with van der Waals surface area (Å²) in [5.74, 6) is 0.536. The average Bonchev–Trinajstić information content (AvgIpc) is 3.51. The number of hydrogen-bond acceptors (Lipinski definition) is 7. The highest BCUT2D eigenvalue weighted by molar-refractivity contribution is 5.87. The van der Waals surface area contributed by atoms with Crippen LogP contribution in [-0.2, 0) is 4.74 Å². The standard InChI is InChI=1S/C21H19F3N2O4.CH3N/c1-12-8-14(4-6-17(12)29-21(22,23)24)15-5-7-18-16(9-15)20(26-30-18)28-11-19(25)27-10-13-2-3-13;1-2/h4-9,13,25H,2-3,10-11H2,1H3;2H,1H2. The van der Waals surface area contributed by atoms with E-state index in [9.17, 15) is 13.2 Å². The van der Waals surface area contributed by atoms with Gasteiger partial charge in [0.15, 0.2) is 12.2 Å². The molecule has 4 rings (SSSR count). The Labute approximate surface area is 182 Å². The van der Waals surface area contributed by atoms with Crippen molar-refractivity contribution in [2.75, 3.05) is 13.2 Å². The van der Waals surface area contributed by atoms with E-state index in [0.717, 1.165) is 18.4 Å². The number of ether oxygens (including phenoxy) is 3. The van der Waals surface area contributed by atoms with Crippen LogP contribution < -0.4 is 9.47 Å². The fourth-order valence-electron chi connectivity index (χ4n) is 2.95. The topological polar surface area (TPSA) is 101 Å². The number of benzene rings is 2. The maximum Gasteiger partial charge on any atom is 0.573 e. The van der Waals surface area contributed by atoms with E-state index in [1.54, 1.807) is 37.3 Å². The summed E-state index contributed by atoms with van der Waals surface area (Å²) >= 11 is 0. The number of fused-ring (bicyclic) bond motifs is 1. The number of alkyl halides is 3. The molecule has 0 radical (unpaired) electrons. The van der Waals surface area contributed by atoms with E-state index in [1.165, 1.54) is 6.07 Å². The summed E-state index contributed by atoms with van der Waals surface area (Å²) in [5.41, 5.74) is 2.30. The normalized spacial score (nSPS) is 13.2. The van der Waals surface area contributed by atoms with Gasteiger partial charge < -0.3 is 24.1 Å². The van der Waals surface area contributed by atoms with Gasteiger partial charge in [-0.1, -0.05) is 12.1 Å². The minimum absolute atomic E-state index is 0.0186. The Morgan fingerprint density at radius 3 is 2.50 bits per heavy atom. The lowest BCUT2D eigenvalue weighted by Gasteiger charge is -2.12. The average molecular weight is 449 g/mol. The van der Waals surface area contributed by atoms with E-state index in [1.807, 2.05) is 0 Å². The van der Waals surface area contributed by atoms with Crippen LogP contribution in [0.4, 0.5) is 13.2 Å². The molecule has 2 aromatic carbocycles. The number of aryl methyl sites for hydroxylation is 1. The maximum absolute atomic E-state index is 12.5. The zero-order valence-corrected chi connectivity index (χ0v) is 17.3. The highest BCUT2D eigenvalue weighted by Gasteiger charge is 2.31. The van der Waals surface area contributed by atoms with Gasteiger partial charge in [-0.2, -0.15) is 0 Å². The Hall–Kier alpha value is -3.56. The number of rotatable bonds is 7. The molecule has 7 nitrogen and oxygen atoms in total. The number of nitrogens with zero attached hydrogens (tertiary/aromatic N) is 1. The highest BCUT2D eigenvalue weighted by Crippen LogP contribution is 2.33. The van der Waals surface area contributed by atoms with Crippen LogP contribution in [0.5, 0.6) is 11.6 Å². The molecular weight excluding hydrogens is 427 g/mol. The third kappa shape index (κ3) is 5.99. The summed E-state index contributed by atoms with van der Waals surface area (Å²) in [5, 5.41) is 17.8. The summed E-state index contributed by atoms with van der Waals surface area (Å²) in [6.07, 6.45) is -2.47. The van der Waals surface area contributed by atoms with Gasteiger partial charge in [0.25, 0.3) is 5.88 Å². The second-order valence-electron chi connectivity index (χ2n) is 7.19. The Morgan fingerprint density at radius 2 is 1.84 bits per heavy atom. The van der Waals surface area contributed by atoms with Gasteiger partial charge in [-0.15, -0.1) is 13.2 Å². The zero-order chi connectivity index (χ0) is 23.3. The van der Waals surface area contributed by atoms with Gasteiger partial charge in [-0.3, -0.25) is 5.41 Å². The summed E-state index contributed by atoms with van der Waals surface area (Å²) in [6.45, 7) is 4.50. The molecule has 32 heavy (non-hydrogen) atoms. The van der Waals surface area contributed by atoms with Gasteiger partial charge in [0, 0.05) is 0 Å². The lowest BCUT2D eigenvalue weighted by molar-refractivity contribution is -0.274. The fourth-order valence-corrected chi connectivity index (χ4v) is 2.95. The molecule has 0 aliphatic heterocycles. The Kier molecular flexibility index (Phi) is 7.01. The molecule has 0 atom stereocenters. The van der Waals surface area contributed by atoms with Crippen molar-refractivity contribution in [1.82, 2.24) is 5.16 Å². The predicted octanol–water partition coefficient (Wildman–Crippen LogP) is 5.75. The van der Waals surface area contributed by atoms with Crippen LogP contribution in [-0.4, -0.2) is 37.3 Å². The van der Waals surface area contributed by atoms with Gasteiger partial charge in [0.05, 0.1) is 12.0 Å². The number of halogens is 3. The van der Waals surface area contributed by atoms with Crippen LogP contribution in [0.3, 0.4) is 0 Å². The van der Waals surface area contributed by atoms with E-state index in [-0.39, 0.29) is 24.1 Å². The molecule has 1 aromatic heterocycles. The highest BCUT2D eigenvalue weighted by atomic mass is 19.4. The molecule has 2 N–H and O–H groups in total. The van der Waals surface area contributed by atoms with E-state index >= 15 is 0 Å². The van der Waals surface area contributed by atoms with Gasteiger partial charge in [-0.05, 0) is 78.5 Å². The minimum Gasteiger partial charge on any atom is -0.478 e. The van der Waals surface area contributed by atoms with Crippen LogP contribution in [0.25, 0.3) is 22.1 Å². The Balaban J connectivity index is 0.00000141. The number of nitrogens with one attached hydrogen (secondary N) is 2. The van der Waals surface area contributed by atoms with Crippen molar-refractivity contribution in [3.63, 3.8) is 0 Å². The van der Waals surface area contributed by atoms with E-state index in [2.05, 4.69) is 16.6 Å². The molecule has 0 bridgehead atoms. The second kappa shape index (κ2) is 9.71. The SMILES string of the molecule is C=N.Cc1cc(-c2ccc3onc(OCC(=N)OCC4CC4)c3c2)ccc1OC(F)(F)F. The molecule has 1 aliphatic carbocycles. The predicted molar refractivity (Wildman–Crippen MR) is 113 cm³/mol. The lowest BCUT2D eigenvalue weighted by Crippen LogP contribution is -2.17. The van der Waals surface area contributed by atoms with E-state index in [4.69, 9.17) is 24.8 Å². The minimum atomic E-state index is -4.74. The van der Waals surface area contributed by atoms with Crippen LogP contribution in [0.15, 0.2) is 40.9 Å².